The van der Waals surface area contributed by atoms with E-state index in [1.54, 1.807) is 18.3 Å². The average Bonchev–Trinajstić information content (AvgIpc) is 2.84. The molecule has 1 fully saturated rings. The number of nitrogens with one attached hydrogen (secondary N) is 1. The van der Waals surface area contributed by atoms with Crippen LogP contribution in [0, 0.1) is 11.3 Å². The molecule has 0 atom stereocenters. The van der Waals surface area contributed by atoms with E-state index in [1.165, 1.54) is 22.8 Å². The maximum Gasteiger partial charge on any atom is 0.252 e. The van der Waals surface area contributed by atoms with Crippen molar-refractivity contribution in [2.75, 3.05) is 36.0 Å². The van der Waals surface area contributed by atoms with Crippen molar-refractivity contribution in [3.63, 3.8) is 0 Å². The Labute approximate surface area is 186 Å². The van der Waals surface area contributed by atoms with Crippen molar-refractivity contribution in [2.24, 2.45) is 0 Å². The molecule has 1 N–H and O–H groups in total. The third kappa shape index (κ3) is 5.41. The van der Waals surface area contributed by atoms with Crippen LogP contribution in [0.15, 0.2) is 60.8 Å². The van der Waals surface area contributed by atoms with Gasteiger partial charge in [-0.2, -0.15) is 17.0 Å². The number of carbonyl (C=O) groups excluding carboxylic acids is 1. The van der Waals surface area contributed by atoms with Crippen molar-refractivity contribution in [1.29, 1.82) is 5.26 Å². The zero-order valence-corrected chi connectivity index (χ0v) is 17.9. The predicted molar refractivity (Wildman–Crippen MR) is 124 cm³/mol. The van der Waals surface area contributed by atoms with Crippen molar-refractivity contribution in [3.05, 3.63) is 77.7 Å². The molecule has 2 heterocycles. The van der Waals surface area contributed by atoms with Crippen molar-refractivity contribution in [1.82, 2.24) is 15.3 Å². The van der Waals surface area contributed by atoms with Gasteiger partial charge in [0.2, 0.25) is 0 Å². The van der Waals surface area contributed by atoms with Crippen LogP contribution in [0.2, 0.25) is 0 Å². The van der Waals surface area contributed by atoms with E-state index in [4.69, 9.17) is 10.2 Å². The van der Waals surface area contributed by atoms with Crippen molar-refractivity contribution >= 4 is 23.4 Å². The molecule has 156 valence electrons. The Hall–Kier alpha value is -3.37. The van der Waals surface area contributed by atoms with Gasteiger partial charge in [-0.05, 0) is 35.9 Å². The fraction of sp³-hybridized carbons (Fsp3) is 0.250. The van der Waals surface area contributed by atoms with Crippen LogP contribution in [0.5, 0.6) is 0 Å². The maximum atomic E-state index is 11.9. The van der Waals surface area contributed by atoms with E-state index in [0.717, 1.165) is 30.2 Å². The minimum absolute atomic E-state index is 0.00602. The molecule has 1 amide bonds. The largest absolute Gasteiger partial charge is 0.370 e. The van der Waals surface area contributed by atoms with Gasteiger partial charge in [0.25, 0.3) is 5.91 Å². The fourth-order valence-corrected chi connectivity index (χ4v) is 4.39. The highest BCUT2D eigenvalue weighted by molar-refractivity contribution is 7.99. The molecule has 0 unspecified atom stereocenters. The first kappa shape index (κ1) is 20.9. The summed E-state index contributed by atoms with van der Waals surface area (Å²) >= 11 is 2.01. The van der Waals surface area contributed by atoms with Crippen LogP contribution in [-0.4, -0.2) is 47.0 Å². The Morgan fingerprint density at radius 3 is 2.52 bits per heavy atom. The highest BCUT2D eigenvalue weighted by Crippen LogP contribution is 2.21. The van der Waals surface area contributed by atoms with Crippen LogP contribution in [-0.2, 0) is 6.42 Å². The smallest absolute Gasteiger partial charge is 0.252 e. The van der Waals surface area contributed by atoms with Gasteiger partial charge in [0.15, 0.2) is 0 Å². The van der Waals surface area contributed by atoms with E-state index < -0.39 is 0 Å². The lowest BCUT2D eigenvalue weighted by Gasteiger charge is -2.28. The lowest BCUT2D eigenvalue weighted by Crippen LogP contribution is -2.32. The standard InChI is InChI=1S/C24H23N5OS/c25-10-12-27-24(30)20-5-3-19(4-6-20)22-9-11-26-23(28-22)17-18-1-7-21(8-2-18)29-13-15-31-16-14-29/h1-9,11H,12-17H2,(H,27,30). The van der Waals surface area contributed by atoms with E-state index >= 15 is 0 Å². The molecule has 0 bridgehead atoms. The monoisotopic (exact) mass is 429 g/mol. The van der Waals surface area contributed by atoms with Crippen LogP contribution in [0.25, 0.3) is 11.3 Å². The lowest BCUT2D eigenvalue weighted by atomic mass is 10.1. The number of rotatable bonds is 6. The summed E-state index contributed by atoms with van der Waals surface area (Å²) in [5, 5.41) is 11.1. The number of carbonyl (C=O) groups is 1. The number of aromatic nitrogens is 2. The highest BCUT2D eigenvalue weighted by atomic mass is 32.2. The summed E-state index contributed by atoms with van der Waals surface area (Å²) < 4.78 is 0. The average molecular weight is 430 g/mol. The number of nitriles is 1. The first-order valence-corrected chi connectivity index (χ1v) is 11.4. The van der Waals surface area contributed by atoms with E-state index in [0.29, 0.717) is 12.0 Å². The van der Waals surface area contributed by atoms with Gasteiger partial charge >= 0.3 is 0 Å². The third-order valence-corrected chi connectivity index (χ3v) is 6.09. The number of hydrogen-bond donors (Lipinski definition) is 1. The van der Waals surface area contributed by atoms with Gasteiger partial charge in [-0.15, -0.1) is 0 Å². The number of hydrogen-bond acceptors (Lipinski definition) is 6. The minimum atomic E-state index is -0.261. The molecule has 1 aliphatic rings. The van der Waals surface area contributed by atoms with E-state index in [9.17, 15) is 4.79 Å². The second-order valence-corrected chi connectivity index (χ2v) is 8.44. The van der Waals surface area contributed by atoms with Gasteiger partial charge in [-0.25, -0.2) is 9.97 Å². The lowest BCUT2D eigenvalue weighted by molar-refractivity contribution is 0.0958. The van der Waals surface area contributed by atoms with Gasteiger partial charge in [-0.1, -0.05) is 24.3 Å². The molecule has 1 aliphatic heterocycles. The zero-order valence-electron chi connectivity index (χ0n) is 17.1. The van der Waals surface area contributed by atoms with Gasteiger partial charge in [-0.3, -0.25) is 4.79 Å². The van der Waals surface area contributed by atoms with Crippen molar-refractivity contribution < 1.29 is 4.79 Å². The molecule has 1 saturated heterocycles. The zero-order chi connectivity index (χ0) is 21.5. The summed E-state index contributed by atoms with van der Waals surface area (Å²) in [5.74, 6) is 2.88. The van der Waals surface area contributed by atoms with E-state index in [1.807, 2.05) is 36.0 Å². The molecule has 1 aromatic heterocycles. The van der Waals surface area contributed by atoms with Gasteiger partial charge in [0.05, 0.1) is 11.8 Å². The number of thioether (sulfide) groups is 1. The van der Waals surface area contributed by atoms with Gasteiger partial charge in [0, 0.05) is 54.0 Å². The molecule has 7 heteroatoms. The van der Waals surface area contributed by atoms with Gasteiger partial charge in [0.1, 0.15) is 12.4 Å². The van der Waals surface area contributed by atoms with E-state index in [-0.39, 0.29) is 12.5 Å². The van der Waals surface area contributed by atoms with Crippen LogP contribution in [0.4, 0.5) is 5.69 Å². The Morgan fingerprint density at radius 2 is 1.81 bits per heavy atom. The summed E-state index contributed by atoms with van der Waals surface area (Å²) in [6.07, 6.45) is 2.43. The highest BCUT2D eigenvalue weighted by Gasteiger charge is 2.11. The normalized spacial score (nSPS) is 13.5. The first-order chi connectivity index (χ1) is 15.2. The molecular weight excluding hydrogens is 406 g/mol. The molecule has 6 nitrogen and oxygen atoms in total. The number of benzene rings is 2. The summed E-state index contributed by atoms with van der Waals surface area (Å²) in [6.45, 7) is 2.20. The van der Waals surface area contributed by atoms with Crippen molar-refractivity contribution in [3.8, 4) is 17.3 Å². The summed E-state index contributed by atoms with van der Waals surface area (Å²) in [4.78, 5) is 23.5. The molecule has 31 heavy (non-hydrogen) atoms. The van der Waals surface area contributed by atoms with Crippen LogP contribution < -0.4 is 10.2 Å². The quantitative estimate of drug-likeness (QED) is 0.604. The van der Waals surface area contributed by atoms with Crippen LogP contribution >= 0.6 is 11.8 Å². The molecule has 3 aromatic rings. The Morgan fingerprint density at radius 1 is 1.06 bits per heavy atom. The molecule has 0 aliphatic carbocycles. The second-order valence-electron chi connectivity index (χ2n) is 7.22. The first-order valence-electron chi connectivity index (χ1n) is 10.2. The topological polar surface area (TPSA) is 81.9 Å². The third-order valence-electron chi connectivity index (χ3n) is 5.15. The summed E-state index contributed by atoms with van der Waals surface area (Å²) in [7, 11) is 0. The van der Waals surface area contributed by atoms with Crippen LogP contribution in [0.3, 0.4) is 0 Å². The Balaban J connectivity index is 1.43. The summed E-state index contributed by atoms with van der Waals surface area (Å²) in [6, 6.07) is 19.6. The fourth-order valence-electron chi connectivity index (χ4n) is 3.49. The molecule has 0 spiro atoms. The van der Waals surface area contributed by atoms with Gasteiger partial charge < -0.3 is 10.2 Å². The molecule has 4 rings (SSSR count). The molecule has 0 radical (unpaired) electrons. The maximum absolute atomic E-state index is 11.9. The van der Waals surface area contributed by atoms with Crippen molar-refractivity contribution in [2.45, 2.75) is 6.42 Å². The number of amides is 1. The predicted octanol–water partition coefficient (Wildman–Crippen LogP) is 3.54. The number of anilines is 1. The molecule has 2 aromatic carbocycles. The molecule has 0 saturated carbocycles. The number of nitrogens with zero attached hydrogens (tertiary/aromatic N) is 4. The SMILES string of the molecule is N#CCNC(=O)c1ccc(-c2ccnc(Cc3ccc(N4CCSCC4)cc3)n2)cc1. The summed E-state index contributed by atoms with van der Waals surface area (Å²) in [5.41, 5.74) is 4.70. The Kier molecular flexibility index (Phi) is 6.80. The Bertz CT molecular complexity index is 1070. The molecular formula is C24H23N5OS. The second kappa shape index (κ2) is 10.1. The van der Waals surface area contributed by atoms with Crippen LogP contribution in [0.1, 0.15) is 21.7 Å². The minimum Gasteiger partial charge on any atom is -0.370 e. The van der Waals surface area contributed by atoms with E-state index in [2.05, 4.69) is 39.5 Å².